The molecule has 0 spiro atoms. The molecule has 1 aliphatic rings. The summed E-state index contributed by atoms with van der Waals surface area (Å²) in [6.45, 7) is 1.09. The van der Waals surface area contributed by atoms with Crippen LogP contribution in [0.3, 0.4) is 0 Å². The standard InChI is InChI=1S/C16H14FN3O3S/c17-11-2-4-13-15(7-11)23-16(19-13)9-20-6-5-10-1-3-12(8-14(10)20)24(18,21)22/h1-4,7-8H,5-6,9H2,(H2,18,21,22). The zero-order chi connectivity index (χ0) is 16.9. The van der Waals surface area contributed by atoms with Crippen molar-refractivity contribution in [3.8, 4) is 0 Å². The number of benzene rings is 2. The van der Waals surface area contributed by atoms with E-state index in [1.165, 1.54) is 18.2 Å². The number of nitrogens with zero attached hydrogens (tertiary/aromatic N) is 2. The molecule has 1 aliphatic heterocycles. The van der Waals surface area contributed by atoms with Crippen molar-refractivity contribution in [2.45, 2.75) is 17.9 Å². The molecule has 0 saturated heterocycles. The maximum Gasteiger partial charge on any atom is 0.238 e. The minimum atomic E-state index is -3.75. The molecule has 1 aromatic heterocycles. The van der Waals surface area contributed by atoms with Gasteiger partial charge >= 0.3 is 0 Å². The molecule has 0 atom stereocenters. The lowest BCUT2D eigenvalue weighted by molar-refractivity contribution is 0.520. The Morgan fingerprint density at radius 2 is 2.08 bits per heavy atom. The van der Waals surface area contributed by atoms with Gasteiger partial charge in [0.15, 0.2) is 5.58 Å². The molecule has 0 unspecified atom stereocenters. The van der Waals surface area contributed by atoms with Gasteiger partial charge in [0.1, 0.15) is 11.3 Å². The van der Waals surface area contributed by atoms with Crippen molar-refractivity contribution in [1.29, 1.82) is 0 Å². The van der Waals surface area contributed by atoms with Crippen molar-refractivity contribution in [1.82, 2.24) is 4.98 Å². The van der Waals surface area contributed by atoms with E-state index in [1.54, 1.807) is 18.2 Å². The molecule has 2 N–H and O–H groups in total. The predicted octanol–water partition coefficient (Wildman–Crippen LogP) is 2.18. The maximum absolute atomic E-state index is 13.2. The summed E-state index contributed by atoms with van der Waals surface area (Å²) in [5.74, 6) is 0.0685. The number of sulfonamides is 1. The Labute approximate surface area is 137 Å². The van der Waals surface area contributed by atoms with Crippen LogP contribution in [0, 0.1) is 5.82 Å². The molecule has 0 radical (unpaired) electrons. The molecule has 0 saturated carbocycles. The van der Waals surface area contributed by atoms with Crippen molar-refractivity contribution >= 4 is 26.8 Å². The Morgan fingerprint density at radius 3 is 2.88 bits per heavy atom. The first kappa shape index (κ1) is 15.1. The molecule has 0 bridgehead atoms. The van der Waals surface area contributed by atoms with Gasteiger partial charge in [0, 0.05) is 18.3 Å². The lowest BCUT2D eigenvalue weighted by Gasteiger charge is -2.17. The molecule has 4 rings (SSSR count). The smallest absolute Gasteiger partial charge is 0.238 e. The van der Waals surface area contributed by atoms with Crippen LogP contribution in [0.15, 0.2) is 45.7 Å². The number of fused-ring (bicyclic) bond motifs is 2. The molecule has 24 heavy (non-hydrogen) atoms. The second kappa shape index (κ2) is 5.29. The number of primary sulfonamides is 1. The number of anilines is 1. The molecule has 0 aliphatic carbocycles. The Hall–Kier alpha value is -2.45. The first-order valence-electron chi connectivity index (χ1n) is 7.36. The van der Waals surface area contributed by atoms with Crippen LogP contribution in [0.1, 0.15) is 11.5 Å². The predicted molar refractivity (Wildman–Crippen MR) is 86.5 cm³/mol. The largest absolute Gasteiger partial charge is 0.439 e. The Morgan fingerprint density at radius 1 is 1.25 bits per heavy atom. The Kier molecular flexibility index (Phi) is 3.33. The summed E-state index contributed by atoms with van der Waals surface area (Å²) in [5, 5.41) is 5.20. The highest BCUT2D eigenvalue weighted by Crippen LogP contribution is 2.31. The quantitative estimate of drug-likeness (QED) is 0.784. The second-order valence-corrected chi connectivity index (χ2v) is 7.29. The minimum Gasteiger partial charge on any atom is -0.439 e. The molecule has 2 heterocycles. The van der Waals surface area contributed by atoms with Crippen LogP contribution in [0.4, 0.5) is 10.1 Å². The summed E-state index contributed by atoms with van der Waals surface area (Å²) in [4.78, 5) is 6.40. The van der Waals surface area contributed by atoms with Gasteiger partial charge in [-0.15, -0.1) is 0 Å². The molecular weight excluding hydrogens is 333 g/mol. The maximum atomic E-state index is 13.2. The third kappa shape index (κ3) is 2.63. The number of nitrogens with two attached hydrogens (primary N) is 1. The molecule has 0 fully saturated rings. The van der Waals surface area contributed by atoms with Crippen molar-refractivity contribution < 1.29 is 17.2 Å². The monoisotopic (exact) mass is 347 g/mol. The molecule has 124 valence electrons. The third-order valence-electron chi connectivity index (χ3n) is 4.10. The van der Waals surface area contributed by atoms with Crippen molar-refractivity contribution in [3.63, 3.8) is 0 Å². The molecule has 8 heteroatoms. The Bertz CT molecular complexity index is 1050. The van der Waals surface area contributed by atoms with Gasteiger partial charge in [-0.25, -0.2) is 22.9 Å². The van der Waals surface area contributed by atoms with Crippen LogP contribution < -0.4 is 10.0 Å². The van der Waals surface area contributed by atoms with Gasteiger partial charge in [0.25, 0.3) is 0 Å². The highest BCUT2D eigenvalue weighted by molar-refractivity contribution is 7.89. The van der Waals surface area contributed by atoms with Crippen LogP contribution in [0.25, 0.3) is 11.1 Å². The number of hydrogen-bond acceptors (Lipinski definition) is 5. The van der Waals surface area contributed by atoms with Gasteiger partial charge < -0.3 is 9.32 Å². The fourth-order valence-corrected chi connectivity index (χ4v) is 3.48. The average molecular weight is 347 g/mol. The summed E-state index contributed by atoms with van der Waals surface area (Å²) in [6, 6.07) is 9.05. The van der Waals surface area contributed by atoms with E-state index < -0.39 is 10.0 Å². The number of oxazole rings is 1. The van der Waals surface area contributed by atoms with Gasteiger partial charge in [0.2, 0.25) is 15.9 Å². The zero-order valence-electron chi connectivity index (χ0n) is 12.6. The highest BCUT2D eigenvalue weighted by atomic mass is 32.2. The fourth-order valence-electron chi connectivity index (χ4n) is 2.94. The summed E-state index contributed by atoms with van der Waals surface area (Å²) < 4.78 is 41.9. The molecule has 3 aromatic rings. The van der Waals surface area contributed by atoms with Gasteiger partial charge in [-0.1, -0.05) is 6.07 Å². The highest BCUT2D eigenvalue weighted by Gasteiger charge is 2.23. The fraction of sp³-hybridized carbons (Fsp3) is 0.188. The number of rotatable bonds is 3. The van der Waals surface area contributed by atoms with Gasteiger partial charge in [-0.2, -0.15) is 0 Å². The second-order valence-electron chi connectivity index (χ2n) is 5.73. The molecule has 2 aromatic carbocycles. The number of hydrogen-bond donors (Lipinski definition) is 1. The van der Waals surface area contributed by atoms with E-state index in [1.807, 2.05) is 4.90 Å². The van der Waals surface area contributed by atoms with E-state index in [9.17, 15) is 12.8 Å². The normalized spacial score (nSPS) is 14.3. The first-order valence-corrected chi connectivity index (χ1v) is 8.90. The average Bonchev–Trinajstić information content (AvgIpc) is 3.09. The molecule has 6 nitrogen and oxygen atoms in total. The van der Waals surface area contributed by atoms with Crippen LogP contribution >= 0.6 is 0 Å². The number of aromatic nitrogens is 1. The van der Waals surface area contributed by atoms with E-state index in [2.05, 4.69) is 4.98 Å². The van der Waals surface area contributed by atoms with Crippen LogP contribution in [0.2, 0.25) is 0 Å². The molecular formula is C16H14FN3O3S. The van der Waals surface area contributed by atoms with Crippen molar-refractivity contribution in [2.75, 3.05) is 11.4 Å². The van der Waals surface area contributed by atoms with E-state index in [0.717, 1.165) is 24.2 Å². The van der Waals surface area contributed by atoms with Crippen molar-refractivity contribution in [3.05, 3.63) is 53.7 Å². The number of halogens is 1. The molecule has 0 amide bonds. The van der Waals surface area contributed by atoms with Gasteiger partial charge in [0.05, 0.1) is 11.4 Å². The summed E-state index contributed by atoms with van der Waals surface area (Å²) in [7, 11) is -3.75. The van der Waals surface area contributed by atoms with Crippen LogP contribution in [-0.4, -0.2) is 19.9 Å². The summed E-state index contributed by atoms with van der Waals surface area (Å²) >= 11 is 0. The van der Waals surface area contributed by atoms with Gasteiger partial charge in [-0.05, 0) is 36.2 Å². The zero-order valence-corrected chi connectivity index (χ0v) is 13.4. The SMILES string of the molecule is NS(=O)(=O)c1ccc2c(c1)N(Cc1nc3ccc(F)cc3o1)CC2. The van der Waals surface area contributed by atoms with Crippen LogP contribution in [-0.2, 0) is 23.0 Å². The lowest BCUT2D eigenvalue weighted by atomic mass is 10.2. The van der Waals surface area contributed by atoms with Gasteiger partial charge in [-0.3, -0.25) is 0 Å². The lowest BCUT2D eigenvalue weighted by Crippen LogP contribution is -2.20. The Balaban J connectivity index is 1.67. The first-order chi connectivity index (χ1) is 11.4. The topological polar surface area (TPSA) is 89.4 Å². The van der Waals surface area contributed by atoms with Crippen LogP contribution in [0.5, 0.6) is 0 Å². The summed E-state index contributed by atoms with van der Waals surface area (Å²) in [6.07, 6.45) is 0.801. The minimum absolute atomic E-state index is 0.0767. The van der Waals surface area contributed by atoms with E-state index in [4.69, 9.17) is 9.56 Å². The van der Waals surface area contributed by atoms with E-state index in [0.29, 0.717) is 23.5 Å². The van der Waals surface area contributed by atoms with E-state index in [-0.39, 0.29) is 10.7 Å². The van der Waals surface area contributed by atoms with Crippen molar-refractivity contribution in [2.24, 2.45) is 5.14 Å². The third-order valence-corrected chi connectivity index (χ3v) is 5.01. The van der Waals surface area contributed by atoms with E-state index >= 15 is 0 Å². The summed E-state index contributed by atoms with van der Waals surface area (Å²) in [5.41, 5.74) is 2.83.